The van der Waals surface area contributed by atoms with E-state index in [9.17, 15) is 0 Å². The lowest BCUT2D eigenvalue weighted by atomic mass is 9.90. The highest BCUT2D eigenvalue weighted by atomic mass is 16.5. The van der Waals surface area contributed by atoms with E-state index in [1.807, 2.05) is 0 Å². The molecular formula is C22H27N3O. The van der Waals surface area contributed by atoms with Crippen molar-refractivity contribution in [3.8, 4) is 5.75 Å². The molecule has 2 aromatic rings. The fraction of sp³-hybridized carbons (Fsp3) is 0.409. The van der Waals surface area contributed by atoms with Gasteiger partial charge in [0.05, 0.1) is 18.9 Å². The van der Waals surface area contributed by atoms with E-state index in [2.05, 4.69) is 65.4 Å². The Morgan fingerprint density at radius 1 is 1.04 bits per heavy atom. The van der Waals surface area contributed by atoms with Gasteiger partial charge in [0.2, 0.25) is 0 Å². The van der Waals surface area contributed by atoms with Crippen LogP contribution in [-0.4, -0.2) is 68.4 Å². The second-order valence-electron chi connectivity index (χ2n) is 7.33. The highest BCUT2D eigenvalue weighted by Crippen LogP contribution is 2.27. The molecule has 0 amide bonds. The zero-order valence-electron chi connectivity index (χ0n) is 15.7. The summed E-state index contributed by atoms with van der Waals surface area (Å²) >= 11 is 0. The Bertz CT molecular complexity index is 779. The molecule has 1 unspecified atom stereocenters. The zero-order valence-corrected chi connectivity index (χ0v) is 15.7. The molecule has 1 saturated heterocycles. The molecule has 0 bridgehead atoms. The number of piperazine rings is 1. The lowest BCUT2D eigenvalue weighted by Gasteiger charge is -2.35. The van der Waals surface area contributed by atoms with E-state index in [1.54, 1.807) is 7.11 Å². The molecular weight excluding hydrogens is 322 g/mol. The Balaban J connectivity index is 1.64. The predicted molar refractivity (Wildman–Crippen MR) is 107 cm³/mol. The van der Waals surface area contributed by atoms with E-state index in [4.69, 9.17) is 9.73 Å². The van der Waals surface area contributed by atoms with E-state index in [0.29, 0.717) is 6.04 Å². The summed E-state index contributed by atoms with van der Waals surface area (Å²) in [5.41, 5.74) is 4.87. The largest absolute Gasteiger partial charge is 0.497 e. The van der Waals surface area contributed by atoms with Crippen LogP contribution < -0.4 is 4.74 Å². The van der Waals surface area contributed by atoms with Gasteiger partial charge in [0.15, 0.2) is 0 Å². The van der Waals surface area contributed by atoms with Crippen molar-refractivity contribution >= 4 is 5.71 Å². The molecule has 1 fully saturated rings. The molecule has 0 aliphatic carbocycles. The Kier molecular flexibility index (Phi) is 5.05. The lowest BCUT2D eigenvalue weighted by molar-refractivity contribution is 0.147. The summed E-state index contributed by atoms with van der Waals surface area (Å²) in [5, 5.41) is 0. The molecule has 2 heterocycles. The van der Waals surface area contributed by atoms with Gasteiger partial charge in [0.25, 0.3) is 0 Å². The number of likely N-dealkylation sites (N-methyl/N-ethyl adjacent to an activating group) is 1. The Labute approximate surface area is 156 Å². The number of aliphatic imine (C=N–C) groups is 1. The molecule has 4 heteroatoms. The molecule has 0 N–H and O–H groups in total. The van der Waals surface area contributed by atoms with Crippen molar-refractivity contribution < 1.29 is 4.74 Å². The van der Waals surface area contributed by atoms with Crippen molar-refractivity contribution in [2.24, 2.45) is 4.99 Å². The van der Waals surface area contributed by atoms with Gasteiger partial charge in [-0.3, -0.25) is 9.89 Å². The summed E-state index contributed by atoms with van der Waals surface area (Å²) in [6.45, 7) is 5.61. The van der Waals surface area contributed by atoms with Crippen LogP contribution in [0.25, 0.3) is 0 Å². The number of ether oxygens (including phenoxy) is 1. The predicted octanol–water partition coefficient (Wildman–Crippen LogP) is 2.70. The molecule has 0 saturated carbocycles. The second kappa shape index (κ2) is 7.60. The quantitative estimate of drug-likeness (QED) is 0.850. The van der Waals surface area contributed by atoms with Crippen molar-refractivity contribution in [3.63, 3.8) is 0 Å². The van der Waals surface area contributed by atoms with Gasteiger partial charge in [-0.1, -0.05) is 36.4 Å². The molecule has 1 atom stereocenters. The molecule has 0 radical (unpaired) electrons. The molecule has 26 heavy (non-hydrogen) atoms. The third-order valence-corrected chi connectivity index (χ3v) is 5.45. The Morgan fingerprint density at radius 2 is 1.81 bits per heavy atom. The molecule has 2 aromatic carbocycles. The number of fused-ring (bicyclic) bond motifs is 1. The van der Waals surface area contributed by atoms with E-state index in [-0.39, 0.29) is 0 Å². The van der Waals surface area contributed by atoms with Crippen molar-refractivity contribution in [2.75, 3.05) is 46.9 Å². The van der Waals surface area contributed by atoms with Gasteiger partial charge in [-0.05, 0) is 31.2 Å². The highest BCUT2D eigenvalue weighted by molar-refractivity contribution is 6.14. The number of rotatable bonds is 4. The van der Waals surface area contributed by atoms with Gasteiger partial charge in [-0.2, -0.15) is 0 Å². The standard InChI is InChI=1S/C22H27N3O/c1-24-10-12-25(13-11-24)16-19-14-18-8-9-20(26-2)15-21(18)22(23-19)17-6-4-3-5-7-17/h3-9,15,19H,10-14,16H2,1-2H3. The van der Waals surface area contributed by atoms with Gasteiger partial charge in [0, 0.05) is 43.9 Å². The first-order valence-electron chi connectivity index (χ1n) is 9.44. The average molecular weight is 349 g/mol. The minimum absolute atomic E-state index is 0.314. The van der Waals surface area contributed by atoms with Gasteiger partial charge < -0.3 is 9.64 Å². The normalized spacial score (nSPS) is 21.2. The summed E-state index contributed by atoms with van der Waals surface area (Å²) in [6.07, 6.45) is 1.00. The topological polar surface area (TPSA) is 28.1 Å². The van der Waals surface area contributed by atoms with E-state index >= 15 is 0 Å². The third-order valence-electron chi connectivity index (χ3n) is 5.45. The second-order valence-corrected chi connectivity index (χ2v) is 7.33. The first-order chi connectivity index (χ1) is 12.7. The number of methoxy groups -OCH3 is 1. The number of nitrogens with zero attached hydrogens (tertiary/aromatic N) is 3. The van der Waals surface area contributed by atoms with E-state index in [1.165, 1.54) is 16.7 Å². The molecule has 0 spiro atoms. The summed E-state index contributed by atoms with van der Waals surface area (Å²) in [4.78, 5) is 10.1. The van der Waals surface area contributed by atoms with E-state index < -0.39 is 0 Å². The number of hydrogen-bond donors (Lipinski definition) is 0. The monoisotopic (exact) mass is 349 g/mol. The van der Waals surface area contributed by atoms with Gasteiger partial charge in [-0.15, -0.1) is 0 Å². The maximum absolute atomic E-state index is 5.45. The van der Waals surface area contributed by atoms with Crippen molar-refractivity contribution in [3.05, 3.63) is 65.2 Å². The van der Waals surface area contributed by atoms with Crippen LogP contribution in [0.4, 0.5) is 0 Å². The van der Waals surface area contributed by atoms with Crippen molar-refractivity contribution in [1.82, 2.24) is 9.80 Å². The summed E-state index contributed by atoms with van der Waals surface area (Å²) in [7, 11) is 3.92. The third kappa shape index (κ3) is 3.67. The van der Waals surface area contributed by atoms with Crippen LogP contribution in [0, 0.1) is 0 Å². The van der Waals surface area contributed by atoms with Crippen molar-refractivity contribution in [2.45, 2.75) is 12.5 Å². The molecule has 2 aliphatic rings. The van der Waals surface area contributed by atoms with Gasteiger partial charge >= 0.3 is 0 Å². The van der Waals surface area contributed by atoms with Crippen LogP contribution in [0.5, 0.6) is 5.75 Å². The molecule has 0 aromatic heterocycles. The van der Waals surface area contributed by atoms with Crippen LogP contribution in [0.1, 0.15) is 16.7 Å². The maximum Gasteiger partial charge on any atom is 0.119 e. The SMILES string of the molecule is COc1ccc2c(c1)C(c1ccccc1)=NC(CN1CCN(C)CC1)C2. The summed E-state index contributed by atoms with van der Waals surface area (Å²) < 4.78 is 5.45. The maximum atomic E-state index is 5.45. The number of benzene rings is 2. The van der Waals surface area contributed by atoms with E-state index in [0.717, 1.165) is 50.6 Å². The lowest BCUT2D eigenvalue weighted by Crippen LogP contribution is -2.47. The first-order valence-corrected chi connectivity index (χ1v) is 9.44. The highest BCUT2D eigenvalue weighted by Gasteiger charge is 2.25. The Morgan fingerprint density at radius 3 is 2.54 bits per heavy atom. The molecule has 136 valence electrons. The van der Waals surface area contributed by atoms with Crippen molar-refractivity contribution in [1.29, 1.82) is 0 Å². The fourth-order valence-electron chi connectivity index (χ4n) is 3.89. The number of hydrogen-bond acceptors (Lipinski definition) is 4. The molecule has 4 rings (SSSR count). The summed E-state index contributed by atoms with van der Waals surface area (Å²) in [5.74, 6) is 0.893. The first kappa shape index (κ1) is 17.3. The molecule has 4 nitrogen and oxygen atoms in total. The van der Waals surface area contributed by atoms with Crippen LogP contribution >= 0.6 is 0 Å². The molecule has 2 aliphatic heterocycles. The van der Waals surface area contributed by atoms with Gasteiger partial charge in [-0.25, -0.2) is 0 Å². The average Bonchev–Trinajstić information content (AvgIpc) is 2.69. The Hall–Kier alpha value is -2.17. The summed E-state index contributed by atoms with van der Waals surface area (Å²) in [6, 6.07) is 17.3. The van der Waals surface area contributed by atoms with Gasteiger partial charge in [0.1, 0.15) is 5.75 Å². The van der Waals surface area contributed by atoms with Crippen LogP contribution in [0.3, 0.4) is 0 Å². The minimum atomic E-state index is 0.314. The van der Waals surface area contributed by atoms with Crippen LogP contribution in [0.15, 0.2) is 53.5 Å². The minimum Gasteiger partial charge on any atom is -0.497 e. The zero-order chi connectivity index (χ0) is 17.9. The van der Waals surface area contributed by atoms with Crippen LogP contribution in [0.2, 0.25) is 0 Å². The fourth-order valence-corrected chi connectivity index (χ4v) is 3.89. The smallest absolute Gasteiger partial charge is 0.119 e. The van der Waals surface area contributed by atoms with Crippen LogP contribution in [-0.2, 0) is 6.42 Å².